The fourth-order valence-electron chi connectivity index (χ4n) is 2.56. The monoisotopic (exact) mass is 284 g/mol. The second-order valence-electron chi connectivity index (χ2n) is 5.37. The van der Waals surface area contributed by atoms with E-state index in [0.717, 1.165) is 6.42 Å². The lowest BCUT2D eigenvalue weighted by Crippen LogP contribution is -2.45. The van der Waals surface area contributed by atoms with Gasteiger partial charge in [0.1, 0.15) is 0 Å². The molecule has 20 heavy (non-hydrogen) atoms. The van der Waals surface area contributed by atoms with Crippen LogP contribution in [0.4, 0.5) is 0 Å². The van der Waals surface area contributed by atoms with Crippen LogP contribution in [0.5, 0.6) is 0 Å². The van der Waals surface area contributed by atoms with E-state index < -0.39 is 5.97 Å². The Bertz CT molecular complexity index is 362. The van der Waals surface area contributed by atoms with Crippen molar-refractivity contribution in [3.63, 3.8) is 0 Å². The van der Waals surface area contributed by atoms with Crippen LogP contribution in [0, 0.1) is 5.92 Å². The Morgan fingerprint density at radius 2 is 1.90 bits per heavy atom. The highest BCUT2D eigenvalue weighted by molar-refractivity contribution is 5.80. The van der Waals surface area contributed by atoms with Gasteiger partial charge >= 0.3 is 5.97 Å². The molecule has 0 aliphatic carbocycles. The van der Waals surface area contributed by atoms with Gasteiger partial charge in [-0.1, -0.05) is 13.3 Å². The maximum atomic E-state index is 12.1. The number of carbonyl (C=O) groups excluding carboxylic acids is 2. The molecule has 1 fully saturated rings. The molecule has 0 saturated carbocycles. The van der Waals surface area contributed by atoms with Gasteiger partial charge in [-0.05, 0) is 19.3 Å². The number of carboxylic acids is 1. The van der Waals surface area contributed by atoms with Gasteiger partial charge in [-0.3, -0.25) is 14.4 Å². The summed E-state index contributed by atoms with van der Waals surface area (Å²) in [5, 5.41) is 11.7. The molecule has 0 aromatic carbocycles. The molecule has 1 heterocycles. The highest BCUT2D eigenvalue weighted by Gasteiger charge is 2.27. The van der Waals surface area contributed by atoms with E-state index in [4.69, 9.17) is 5.11 Å². The SMILES string of the molecule is CCCC(CC(=O)O)NC(=O)C1CCN(C(C)=O)CC1. The van der Waals surface area contributed by atoms with Crippen LogP contribution in [0.2, 0.25) is 0 Å². The molecule has 1 unspecified atom stereocenters. The zero-order chi connectivity index (χ0) is 15.1. The van der Waals surface area contributed by atoms with E-state index in [1.165, 1.54) is 6.92 Å². The Morgan fingerprint density at radius 1 is 1.30 bits per heavy atom. The molecule has 0 aromatic rings. The lowest BCUT2D eigenvalue weighted by molar-refractivity contribution is -0.138. The summed E-state index contributed by atoms with van der Waals surface area (Å²) in [5.74, 6) is -1.04. The van der Waals surface area contributed by atoms with Crippen molar-refractivity contribution < 1.29 is 19.5 Å². The van der Waals surface area contributed by atoms with E-state index in [0.29, 0.717) is 32.4 Å². The third-order valence-electron chi connectivity index (χ3n) is 3.72. The van der Waals surface area contributed by atoms with Gasteiger partial charge in [-0.15, -0.1) is 0 Å². The maximum Gasteiger partial charge on any atom is 0.305 e. The minimum Gasteiger partial charge on any atom is -0.481 e. The molecule has 0 radical (unpaired) electrons. The lowest BCUT2D eigenvalue weighted by Gasteiger charge is -2.31. The number of hydrogen-bond acceptors (Lipinski definition) is 3. The molecular formula is C14H24N2O4. The summed E-state index contributed by atoms with van der Waals surface area (Å²) in [4.78, 5) is 35.9. The molecule has 2 N–H and O–H groups in total. The molecule has 6 nitrogen and oxygen atoms in total. The van der Waals surface area contributed by atoms with Crippen molar-refractivity contribution in [1.29, 1.82) is 0 Å². The molecule has 1 saturated heterocycles. The zero-order valence-corrected chi connectivity index (χ0v) is 12.2. The molecule has 1 atom stereocenters. The van der Waals surface area contributed by atoms with E-state index in [-0.39, 0.29) is 30.2 Å². The van der Waals surface area contributed by atoms with Crippen molar-refractivity contribution in [3.8, 4) is 0 Å². The van der Waals surface area contributed by atoms with Crippen LogP contribution in [0.25, 0.3) is 0 Å². The van der Waals surface area contributed by atoms with Crippen LogP contribution in [0.3, 0.4) is 0 Å². The molecule has 6 heteroatoms. The van der Waals surface area contributed by atoms with Gasteiger partial charge in [0.2, 0.25) is 11.8 Å². The number of amides is 2. The fourth-order valence-corrected chi connectivity index (χ4v) is 2.56. The van der Waals surface area contributed by atoms with Crippen LogP contribution in [0.15, 0.2) is 0 Å². The number of nitrogens with zero attached hydrogens (tertiary/aromatic N) is 1. The minimum absolute atomic E-state index is 0.0358. The summed E-state index contributed by atoms with van der Waals surface area (Å²) in [6.07, 6.45) is 2.77. The number of rotatable bonds is 6. The summed E-state index contributed by atoms with van der Waals surface area (Å²) in [6.45, 7) is 4.70. The van der Waals surface area contributed by atoms with Crippen molar-refractivity contribution >= 4 is 17.8 Å². The van der Waals surface area contributed by atoms with E-state index in [1.807, 2.05) is 6.92 Å². The Balaban J connectivity index is 2.45. The van der Waals surface area contributed by atoms with E-state index in [2.05, 4.69) is 5.32 Å². The summed E-state index contributed by atoms with van der Waals surface area (Å²) in [5.41, 5.74) is 0. The van der Waals surface area contributed by atoms with Crippen molar-refractivity contribution in [2.75, 3.05) is 13.1 Å². The van der Waals surface area contributed by atoms with Gasteiger partial charge in [0.15, 0.2) is 0 Å². The van der Waals surface area contributed by atoms with Crippen molar-refractivity contribution in [2.45, 2.75) is 52.0 Å². The van der Waals surface area contributed by atoms with Crippen LogP contribution in [0.1, 0.15) is 46.0 Å². The number of carbonyl (C=O) groups is 3. The Labute approximate surface area is 119 Å². The average Bonchev–Trinajstić information content (AvgIpc) is 2.38. The van der Waals surface area contributed by atoms with Gasteiger partial charge in [-0.25, -0.2) is 0 Å². The third kappa shape index (κ3) is 5.19. The molecule has 1 aliphatic rings. The second-order valence-corrected chi connectivity index (χ2v) is 5.37. The zero-order valence-electron chi connectivity index (χ0n) is 12.2. The predicted octanol–water partition coefficient (Wildman–Crippen LogP) is 1.00. The standard InChI is InChI=1S/C14H24N2O4/c1-3-4-12(9-13(18)19)15-14(20)11-5-7-16(8-6-11)10(2)17/h11-12H,3-9H2,1-2H3,(H,15,20)(H,18,19). The van der Waals surface area contributed by atoms with Crippen LogP contribution in [-0.4, -0.2) is 46.9 Å². The minimum atomic E-state index is -0.893. The third-order valence-corrected chi connectivity index (χ3v) is 3.72. The first kappa shape index (κ1) is 16.5. The van der Waals surface area contributed by atoms with E-state index in [9.17, 15) is 14.4 Å². The van der Waals surface area contributed by atoms with Gasteiger partial charge in [-0.2, -0.15) is 0 Å². The molecule has 0 bridgehead atoms. The smallest absolute Gasteiger partial charge is 0.305 e. The second kappa shape index (κ2) is 7.87. The van der Waals surface area contributed by atoms with Crippen LogP contribution < -0.4 is 5.32 Å². The van der Waals surface area contributed by atoms with Crippen LogP contribution >= 0.6 is 0 Å². The highest BCUT2D eigenvalue weighted by atomic mass is 16.4. The first-order valence-electron chi connectivity index (χ1n) is 7.21. The Morgan fingerprint density at radius 3 is 2.35 bits per heavy atom. The molecule has 114 valence electrons. The van der Waals surface area contributed by atoms with Gasteiger partial charge in [0, 0.05) is 32.0 Å². The average molecular weight is 284 g/mol. The summed E-state index contributed by atoms with van der Waals surface area (Å²) in [6, 6.07) is -0.296. The van der Waals surface area contributed by atoms with Crippen molar-refractivity contribution in [3.05, 3.63) is 0 Å². The van der Waals surface area contributed by atoms with E-state index >= 15 is 0 Å². The summed E-state index contributed by atoms with van der Waals surface area (Å²) < 4.78 is 0. The number of nitrogens with one attached hydrogen (secondary N) is 1. The first-order valence-corrected chi connectivity index (χ1v) is 7.21. The number of aliphatic carboxylic acids is 1. The first-order chi connectivity index (χ1) is 9.43. The maximum absolute atomic E-state index is 12.1. The van der Waals surface area contributed by atoms with Crippen molar-refractivity contribution in [1.82, 2.24) is 10.2 Å². The Kier molecular flexibility index (Phi) is 6.48. The highest BCUT2D eigenvalue weighted by Crippen LogP contribution is 2.18. The molecule has 0 spiro atoms. The normalized spacial score (nSPS) is 17.6. The number of likely N-dealkylation sites (tertiary alicyclic amines) is 1. The topological polar surface area (TPSA) is 86.7 Å². The van der Waals surface area contributed by atoms with Gasteiger partial charge < -0.3 is 15.3 Å². The van der Waals surface area contributed by atoms with Gasteiger partial charge in [0.05, 0.1) is 6.42 Å². The molecule has 1 aliphatic heterocycles. The van der Waals surface area contributed by atoms with Crippen LogP contribution in [-0.2, 0) is 14.4 Å². The molecule has 2 amide bonds. The van der Waals surface area contributed by atoms with Gasteiger partial charge in [0.25, 0.3) is 0 Å². The summed E-state index contributed by atoms with van der Waals surface area (Å²) >= 11 is 0. The lowest BCUT2D eigenvalue weighted by atomic mass is 9.95. The number of carboxylic acid groups (broad SMARTS) is 1. The number of piperidine rings is 1. The van der Waals surface area contributed by atoms with Crippen molar-refractivity contribution in [2.24, 2.45) is 5.92 Å². The van der Waals surface area contributed by atoms with E-state index in [1.54, 1.807) is 4.90 Å². The predicted molar refractivity (Wildman–Crippen MR) is 74.1 cm³/mol. The Hall–Kier alpha value is -1.59. The summed E-state index contributed by atoms with van der Waals surface area (Å²) in [7, 11) is 0. The molecule has 1 rings (SSSR count). The quantitative estimate of drug-likeness (QED) is 0.762. The fraction of sp³-hybridized carbons (Fsp3) is 0.786. The largest absolute Gasteiger partial charge is 0.481 e. The molecular weight excluding hydrogens is 260 g/mol. The number of hydrogen-bond donors (Lipinski definition) is 2. The molecule has 0 aromatic heterocycles.